The van der Waals surface area contributed by atoms with Crippen LogP contribution in [0.3, 0.4) is 0 Å². The highest BCUT2D eigenvalue weighted by Crippen LogP contribution is 2.55. The van der Waals surface area contributed by atoms with Crippen LogP contribution in [-0.2, 0) is 36.9 Å². The quantitative estimate of drug-likeness (QED) is 0.130. The summed E-state index contributed by atoms with van der Waals surface area (Å²) in [6, 6.07) is 8.78. The van der Waals surface area contributed by atoms with Gasteiger partial charge in [0.15, 0.2) is 17.6 Å². The molecule has 1 aliphatic heterocycles. The summed E-state index contributed by atoms with van der Waals surface area (Å²) in [5.74, 6) is -1.42. The van der Waals surface area contributed by atoms with Crippen molar-refractivity contribution in [2.24, 2.45) is 12.2 Å². The Morgan fingerprint density at radius 2 is 1.39 bits per heavy atom. The lowest BCUT2D eigenvalue weighted by Crippen LogP contribution is -2.42. The van der Waals surface area contributed by atoms with Crippen LogP contribution in [0.2, 0.25) is 0 Å². The van der Waals surface area contributed by atoms with Gasteiger partial charge in [-0.15, -0.1) is 0 Å². The van der Waals surface area contributed by atoms with E-state index in [1.165, 1.54) is 58.6 Å². The minimum Gasteiger partial charge on any atom is -0.389 e. The monoisotopic (exact) mass is 801 g/mol. The molecule has 0 saturated carbocycles. The van der Waals surface area contributed by atoms with Gasteiger partial charge in [-0.3, -0.25) is 18.3 Å². The first-order chi connectivity index (χ1) is 23.0. The molecular formula is C30H54BrN5O11P2. The van der Waals surface area contributed by atoms with Crippen molar-refractivity contribution in [2.45, 2.75) is 72.7 Å². The van der Waals surface area contributed by atoms with Crippen molar-refractivity contribution >= 4 is 31.1 Å². The Labute approximate surface area is 296 Å². The summed E-state index contributed by atoms with van der Waals surface area (Å²) >= 11 is 3.33. The summed E-state index contributed by atoms with van der Waals surface area (Å²) in [6.45, 7) is 19.6. The maximum atomic E-state index is 12.8. The van der Waals surface area contributed by atoms with Crippen molar-refractivity contribution in [3.05, 3.63) is 62.5 Å². The molecule has 1 unspecified atom stereocenters. The molecule has 2 aromatic rings. The molecule has 1 fully saturated rings. The fraction of sp³-hybridized carbons (Fsp3) is 0.667. The van der Waals surface area contributed by atoms with Gasteiger partial charge in [-0.2, -0.15) is 0 Å². The Bertz CT molecular complexity index is 1440. The van der Waals surface area contributed by atoms with Crippen molar-refractivity contribution in [2.75, 3.05) is 51.8 Å². The number of aromatic nitrogens is 2. The molecule has 3 rings (SSSR count). The first kappa shape index (κ1) is 45.3. The van der Waals surface area contributed by atoms with Crippen molar-refractivity contribution in [1.29, 1.82) is 0 Å². The lowest BCUT2D eigenvalue weighted by atomic mass is 10.1. The van der Waals surface area contributed by atoms with Crippen LogP contribution in [0, 0.1) is 0 Å². The van der Waals surface area contributed by atoms with Crippen molar-refractivity contribution < 1.29 is 48.1 Å². The van der Waals surface area contributed by atoms with E-state index >= 15 is 0 Å². The predicted octanol–water partition coefficient (Wildman–Crippen LogP) is 2.63. The maximum absolute atomic E-state index is 12.8. The number of aliphatic hydroxyl groups is 2. The topological polar surface area (TPSA) is 209 Å². The van der Waals surface area contributed by atoms with Crippen molar-refractivity contribution in [1.82, 2.24) is 18.9 Å². The highest BCUT2D eigenvalue weighted by molar-refractivity contribution is 9.10. The van der Waals surface area contributed by atoms with Gasteiger partial charge < -0.3 is 48.8 Å². The molecule has 0 amide bonds. The zero-order chi connectivity index (χ0) is 37.4. The number of hydrogen-bond acceptors (Lipinski definition) is 11. The lowest BCUT2D eigenvalue weighted by molar-refractivity contribution is -0.0530. The highest BCUT2D eigenvalue weighted by Gasteiger charge is 2.45. The van der Waals surface area contributed by atoms with Gasteiger partial charge in [0.25, 0.3) is 0 Å². The van der Waals surface area contributed by atoms with Gasteiger partial charge in [-0.25, -0.2) is 4.79 Å². The first-order valence-electron chi connectivity index (χ1n) is 16.1. The van der Waals surface area contributed by atoms with Crippen molar-refractivity contribution in [3.63, 3.8) is 0 Å². The molecule has 0 bridgehead atoms. The van der Waals surface area contributed by atoms with Gasteiger partial charge in [-0.05, 0) is 57.0 Å². The minimum atomic E-state index is -4.84. The predicted molar refractivity (Wildman–Crippen MR) is 190 cm³/mol. The summed E-state index contributed by atoms with van der Waals surface area (Å²) in [7, 11) is -8.14. The van der Waals surface area contributed by atoms with Crippen LogP contribution < -0.4 is 11.2 Å². The second-order valence-electron chi connectivity index (χ2n) is 10.9. The lowest BCUT2D eigenvalue weighted by Gasteiger charge is -2.19. The van der Waals surface area contributed by atoms with E-state index in [0.29, 0.717) is 0 Å². The van der Waals surface area contributed by atoms with Crippen LogP contribution in [0.15, 0.2) is 51.0 Å². The molecule has 19 heteroatoms. The molecule has 0 aliphatic carbocycles. The smallest absolute Gasteiger partial charge is 0.340 e. The number of benzene rings is 1. The molecule has 1 aromatic heterocycles. The summed E-state index contributed by atoms with van der Waals surface area (Å²) in [4.78, 5) is 50.1. The van der Waals surface area contributed by atoms with Gasteiger partial charge in [0.1, 0.15) is 24.9 Å². The zero-order valence-electron chi connectivity index (χ0n) is 29.3. The van der Waals surface area contributed by atoms with Crippen molar-refractivity contribution in [3.8, 4) is 0 Å². The Morgan fingerprint density at radius 1 is 0.878 bits per heavy atom. The molecule has 1 saturated heterocycles. The molecule has 0 radical (unpaired) electrons. The second-order valence-corrected chi connectivity index (χ2v) is 15.8. The van der Waals surface area contributed by atoms with Gasteiger partial charge in [0.2, 0.25) is 0 Å². The van der Waals surface area contributed by atoms with Gasteiger partial charge in [-0.1, -0.05) is 74.8 Å². The summed E-state index contributed by atoms with van der Waals surface area (Å²) < 4.78 is 35.9. The molecule has 49 heavy (non-hydrogen) atoms. The number of ether oxygens (including phenoxy) is 1. The Hall–Kier alpha value is -1.72. The molecular weight excluding hydrogens is 748 g/mol. The van der Waals surface area contributed by atoms with Crippen LogP contribution in [0.5, 0.6) is 0 Å². The van der Waals surface area contributed by atoms with E-state index in [2.05, 4.69) is 77.0 Å². The third-order valence-corrected chi connectivity index (χ3v) is 11.6. The maximum Gasteiger partial charge on any atom is 0.340 e. The average molecular weight is 803 g/mol. The fourth-order valence-corrected chi connectivity index (χ4v) is 7.37. The van der Waals surface area contributed by atoms with E-state index < -0.39 is 57.9 Å². The normalized spacial score (nSPS) is 20.8. The fourth-order valence-electron chi connectivity index (χ4n) is 4.53. The van der Waals surface area contributed by atoms with Gasteiger partial charge in [0.05, 0.1) is 6.61 Å². The van der Waals surface area contributed by atoms with Crippen LogP contribution in [0.1, 0.15) is 53.3 Å². The average Bonchev–Trinajstić information content (AvgIpc) is 3.33. The number of halogens is 1. The van der Waals surface area contributed by atoms with Gasteiger partial charge >= 0.3 is 20.9 Å². The highest BCUT2D eigenvalue weighted by atomic mass is 79.9. The summed E-state index contributed by atoms with van der Waals surface area (Å²) in [5.41, 5.74) is 0.339. The first-order valence-corrected chi connectivity index (χ1v) is 20.5. The number of rotatable bonds is 15. The van der Waals surface area contributed by atoms with Gasteiger partial charge in [0, 0.05) is 23.8 Å². The molecule has 5 N–H and O–H groups in total. The number of aliphatic hydroxyl groups excluding tert-OH is 2. The van der Waals surface area contributed by atoms with E-state index in [-0.39, 0.29) is 12.1 Å². The Balaban J connectivity index is 0.000000717. The number of nitrogens with zero attached hydrogens (tertiary/aromatic N) is 5. The molecule has 2 heterocycles. The Kier molecular flexibility index (Phi) is 20.6. The van der Waals surface area contributed by atoms with E-state index in [0.717, 1.165) is 19.2 Å². The molecule has 0 spiro atoms. The molecule has 1 aliphatic rings. The van der Waals surface area contributed by atoms with Crippen LogP contribution in [-0.4, -0.2) is 114 Å². The van der Waals surface area contributed by atoms with E-state index in [1.54, 1.807) is 0 Å². The zero-order valence-corrected chi connectivity index (χ0v) is 32.7. The number of hydrogen-bond donors (Lipinski definition) is 5. The largest absolute Gasteiger partial charge is 0.389 e. The van der Waals surface area contributed by atoms with Crippen LogP contribution in [0.4, 0.5) is 0 Å². The van der Waals surface area contributed by atoms with Crippen LogP contribution >= 0.6 is 31.1 Å². The molecule has 1 aromatic carbocycles. The summed E-state index contributed by atoms with van der Waals surface area (Å²) in [6.07, 6.45) is -4.71. The minimum absolute atomic E-state index is 0.158. The molecule has 282 valence electrons. The van der Waals surface area contributed by atoms with E-state index in [4.69, 9.17) is 19.4 Å². The molecule has 16 nitrogen and oxygen atoms in total. The van der Waals surface area contributed by atoms with E-state index in [9.17, 15) is 29.0 Å². The molecule has 5 atom stereocenters. The van der Waals surface area contributed by atoms with E-state index in [1.807, 2.05) is 24.3 Å². The standard InChI is InChI=1S/C18H24BrN3O11P2.2C6H15N/c1-21-14(20-31-8-11-2-4-12(19)5-3-11)6-7-22(18(21)25)17-16(24)15(23)13(33-17)9-32-35(29,30)10-34(26,27)28;2*1-4-7(5-2)6-3/h2-7,13,15-17,23-24H,8-10H2,1H3,(H,29,30)(H2,26,27,28);2*4-6H2,1-3H3/b20-14-;;/t13-,15-,16-,17-;;/m1../s1. The van der Waals surface area contributed by atoms with Crippen LogP contribution in [0.25, 0.3) is 0 Å². The third-order valence-electron chi connectivity index (χ3n) is 7.64. The second kappa shape index (κ2) is 22.3. The Morgan fingerprint density at radius 3 is 1.84 bits per heavy atom. The third kappa shape index (κ3) is 16.0. The SMILES string of the molecule is CCN(CC)CC.CCN(CC)CC.Cn1c(=O)n([C@@H]2O[C@H](COP(=O)(O)CP(=O)(O)O)[C@@H](O)[C@H]2O)cc/c1=N/OCc1ccc(Br)cc1. The summed E-state index contributed by atoms with van der Waals surface area (Å²) in [5, 5.41) is 24.5.